The fraction of sp³-hybridized carbons (Fsp3) is 0.273. The lowest BCUT2D eigenvalue weighted by Crippen LogP contribution is -2.40. The van der Waals surface area contributed by atoms with Crippen LogP contribution in [0.25, 0.3) is 11.3 Å². The van der Waals surface area contributed by atoms with Crippen molar-refractivity contribution < 1.29 is 0 Å². The Bertz CT molecular complexity index is 1060. The molecule has 3 atom stereocenters. The molecule has 0 aliphatic carbocycles. The minimum absolute atomic E-state index is 0.00483. The van der Waals surface area contributed by atoms with E-state index in [1.54, 1.807) is 6.07 Å². The van der Waals surface area contributed by atoms with Crippen molar-refractivity contribution in [3.05, 3.63) is 86.7 Å². The third-order valence-electron chi connectivity index (χ3n) is 6.16. The first-order chi connectivity index (χ1) is 13.1. The predicted octanol–water partition coefficient (Wildman–Crippen LogP) is 3.84. The molecule has 2 aliphatic heterocycles. The van der Waals surface area contributed by atoms with Crippen molar-refractivity contribution in [2.45, 2.75) is 18.9 Å². The molecule has 1 aromatic heterocycles. The summed E-state index contributed by atoms with van der Waals surface area (Å²) in [6, 6.07) is 18.2. The number of nitrogens with one attached hydrogen (secondary N) is 1. The topological polar surface area (TPSA) is 49.0 Å². The van der Waals surface area contributed by atoms with Crippen LogP contribution in [0.15, 0.2) is 59.4 Å². The van der Waals surface area contributed by atoms with Crippen LogP contribution >= 0.6 is 11.6 Å². The van der Waals surface area contributed by atoms with Crippen molar-refractivity contribution in [3.8, 4) is 11.3 Å². The van der Waals surface area contributed by atoms with Gasteiger partial charge in [0.25, 0.3) is 5.56 Å². The molecule has 5 rings (SSSR count). The number of H-pyrrole nitrogens is 1. The first-order valence-corrected chi connectivity index (χ1v) is 9.62. The highest BCUT2D eigenvalue weighted by molar-refractivity contribution is 6.30. The number of benzene rings is 2. The lowest BCUT2D eigenvalue weighted by Gasteiger charge is -2.39. The number of fused-ring (bicyclic) bond motifs is 4. The third-order valence-corrected chi connectivity index (χ3v) is 6.41. The van der Waals surface area contributed by atoms with Crippen LogP contribution in [-0.4, -0.2) is 28.2 Å². The normalized spacial score (nSPS) is 26.0. The van der Waals surface area contributed by atoms with Crippen LogP contribution in [0.1, 0.15) is 23.6 Å². The van der Waals surface area contributed by atoms with E-state index < -0.39 is 0 Å². The van der Waals surface area contributed by atoms with E-state index in [-0.39, 0.29) is 11.0 Å². The minimum atomic E-state index is -0.184. The molecule has 136 valence electrons. The average Bonchev–Trinajstić information content (AvgIpc) is 2.94. The van der Waals surface area contributed by atoms with Crippen LogP contribution in [0.5, 0.6) is 0 Å². The Hall–Kier alpha value is -2.43. The Morgan fingerprint density at radius 3 is 2.70 bits per heavy atom. The van der Waals surface area contributed by atoms with Crippen LogP contribution in [0.3, 0.4) is 0 Å². The number of hydrogen-bond acceptors (Lipinski definition) is 3. The van der Waals surface area contributed by atoms with Crippen molar-refractivity contribution in [2.75, 3.05) is 13.1 Å². The fourth-order valence-electron chi connectivity index (χ4n) is 4.93. The molecular weight excluding hydrogens is 358 g/mol. The molecule has 5 heteroatoms. The number of rotatable bonds is 2. The van der Waals surface area contributed by atoms with Crippen LogP contribution < -0.4 is 5.56 Å². The second kappa shape index (κ2) is 6.04. The second-order valence-corrected chi connectivity index (χ2v) is 8.16. The zero-order valence-electron chi connectivity index (χ0n) is 15.1. The van der Waals surface area contributed by atoms with Crippen LogP contribution in [-0.2, 0) is 12.0 Å². The molecule has 1 N–H and O–H groups in total. The van der Waals surface area contributed by atoms with E-state index in [2.05, 4.69) is 52.4 Å². The number of nitrogens with zero attached hydrogens (tertiary/aromatic N) is 2. The standard InChI is InChI=1S/C22H20ClN3O/c1-14-11-26-12-16-10-15(20-8-9-21(27)25-24-20)2-7-19(16)22(14,13-26)17-3-5-18(23)6-4-17/h2-10,14H,11-13H2,1H3,(H,25,27). The zero-order valence-corrected chi connectivity index (χ0v) is 15.8. The largest absolute Gasteiger partial charge is 0.298 e. The molecule has 4 nitrogen and oxygen atoms in total. The smallest absolute Gasteiger partial charge is 0.264 e. The average molecular weight is 378 g/mol. The highest BCUT2D eigenvalue weighted by Crippen LogP contribution is 2.50. The minimum Gasteiger partial charge on any atom is -0.298 e. The lowest BCUT2D eigenvalue weighted by molar-refractivity contribution is 0.295. The fourth-order valence-corrected chi connectivity index (χ4v) is 5.06. The van der Waals surface area contributed by atoms with Gasteiger partial charge in [0.1, 0.15) is 0 Å². The monoisotopic (exact) mass is 377 g/mol. The van der Waals surface area contributed by atoms with Crippen molar-refractivity contribution in [1.29, 1.82) is 0 Å². The number of aromatic nitrogens is 2. The van der Waals surface area contributed by atoms with E-state index in [0.717, 1.165) is 35.9 Å². The summed E-state index contributed by atoms with van der Waals surface area (Å²) in [6.45, 7) is 5.43. The van der Waals surface area contributed by atoms with E-state index >= 15 is 0 Å². The maximum atomic E-state index is 11.3. The first kappa shape index (κ1) is 16.7. The summed E-state index contributed by atoms with van der Waals surface area (Å²) in [4.78, 5) is 13.8. The van der Waals surface area contributed by atoms with Gasteiger partial charge >= 0.3 is 0 Å². The van der Waals surface area contributed by atoms with Crippen molar-refractivity contribution in [3.63, 3.8) is 0 Å². The number of aromatic amines is 1. The van der Waals surface area contributed by atoms with Crippen molar-refractivity contribution >= 4 is 11.6 Å². The molecule has 0 saturated carbocycles. The molecule has 1 saturated heterocycles. The Kier molecular flexibility index (Phi) is 3.74. The van der Waals surface area contributed by atoms with Gasteiger partial charge in [0.2, 0.25) is 0 Å². The summed E-state index contributed by atoms with van der Waals surface area (Å²) in [7, 11) is 0. The molecular formula is C22H20ClN3O. The van der Waals surface area contributed by atoms with E-state index in [9.17, 15) is 4.79 Å². The van der Waals surface area contributed by atoms with Gasteiger partial charge < -0.3 is 0 Å². The Morgan fingerprint density at radius 2 is 1.96 bits per heavy atom. The summed E-state index contributed by atoms with van der Waals surface area (Å²) < 4.78 is 0. The molecule has 3 heterocycles. The van der Waals surface area contributed by atoms with Crippen molar-refractivity contribution in [1.82, 2.24) is 15.1 Å². The van der Waals surface area contributed by atoms with Gasteiger partial charge in [0.05, 0.1) is 5.69 Å². The summed E-state index contributed by atoms with van der Waals surface area (Å²) in [5.41, 5.74) is 5.71. The Balaban J connectivity index is 1.66. The van der Waals surface area contributed by atoms with E-state index in [1.165, 1.54) is 22.8 Å². The number of halogens is 1. The van der Waals surface area contributed by atoms with Crippen molar-refractivity contribution in [2.24, 2.45) is 5.92 Å². The maximum absolute atomic E-state index is 11.3. The first-order valence-electron chi connectivity index (χ1n) is 9.24. The molecule has 2 aromatic carbocycles. The molecule has 2 bridgehead atoms. The van der Waals surface area contributed by atoms with Gasteiger partial charge in [0.15, 0.2) is 0 Å². The lowest BCUT2D eigenvalue weighted by atomic mass is 9.66. The summed E-state index contributed by atoms with van der Waals surface area (Å²) in [6.07, 6.45) is 0. The summed E-state index contributed by atoms with van der Waals surface area (Å²) in [5, 5.41) is 7.48. The number of hydrogen-bond donors (Lipinski definition) is 1. The van der Waals surface area contributed by atoms with E-state index in [0.29, 0.717) is 5.92 Å². The SMILES string of the molecule is CC1CN2Cc3cc(-c4ccc(=O)[nH]n4)ccc3C1(c1ccc(Cl)cc1)C2. The molecule has 0 spiro atoms. The molecule has 0 amide bonds. The Morgan fingerprint density at radius 1 is 1.15 bits per heavy atom. The quantitative estimate of drug-likeness (QED) is 0.738. The summed E-state index contributed by atoms with van der Waals surface area (Å²) in [5.74, 6) is 0.525. The van der Waals surface area contributed by atoms with Crippen LogP contribution in [0.2, 0.25) is 5.02 Å². The van der Waals surface area contributed by atoms with Gasteiger partial charge in [0, 0.05) is 41.7 Å². The molecule has 3 unspecified atom stereocenters. The van der Waals surface area contributed by atoms with Gasteiger partial charge in [-0.25, -0.2) is 5.10 Å². The predicted molar refractivity (Wildman–Crippen MR) is 107 cm³/mol. The molecule has 1 fully saturated rings. The van der Waals surface area contributed by atoms with Gasteiger partial charge in [-0.2, -0.15) is 5.10 Å². The van der Waals surface area contributed by atoms with E-state index in [1.807, 2.05) is 12.1 Å². The molecule has 27 heavy (non-hydrogen) atoms. The van der Waals surface area contributed by atoms with E-state index in [4.69, 9.17) is 11.6 Å². The second-order valence-electron chi connectivity index (χ2n) is 7.73. The highest BCUT2D eigenvalue weighted by Gasteiger charge is 2.50. The third kappa shape index (κ3) is 2.55. The van der Waals surface area contributed by atoms with Gasteiger partial charge in [-0.3, -0.25) is 9.69 Å². The zero-order chi connectivity index (χ0) is 18.6. The van der Waals surface area contributed by atoms with Crippen LogP contribution in [0, 0.1) is 5.92 Å². The van der Waals surface area contributed by atoms with Gasteiger partial charge in [-0.1, -0.05) is 42.8 Å². The molecule has 0 radical (unpaired) electrons. The van der Waals surface area contributed by atoms with Gasteiger partial charge in [-0.15, -0.1) is 0 Å². The van der Waals surface area contributed by atoms with Gasteiger partial charge in [-0.05, 0) is 46.9 Å². The molecule has 2 aliphatic rings. The van der Waals surface area contributed by atoms with Crippen LogP contribution in [0.4, 0.5) is 0 Å². The molecule has 3 aromatic rings. The highest BCUT2D eigenvalue weighted by atomic mass is 35.5. The maximum Gasteiger partial charge on any atom is 0.264 e. The summed E-state index contributed by atoms with van der Waals surface area (Å²) >= 11 is 6.14. The Labute approximate surface area is 162 Å².